The summed E-state index contributed by atoms with van der Waals surface area (Å²) in [7, 11) is 0. The van der Waals surface area contributed by atoms with Crippen molar-refractivity contribution in [3.8, 4) is 0 Å². The van der Waals surface area contributed by atoms with Gasteiger partial charge in [-0.1, -0.05) is 36.4 Å². The Morgan fingerprint density at radius 1 is 1.17 bits per heavy atom. The Labute approximate surface area is 145 Å². The second-order valence-electron chi connectivity index (χ2n) is 5.22. The number of carbonyl (C=O) groups excluding carboxylic acids is 1. The molecular weight excluding hydrogens is 318 g/mol. The molecule has 5 heteroatoms. The Morgan fingerprint density at radius 3 is 2.62 bits per heavy atom. The van der Waals surface area contributed by atoms with Crippen LogP contribution in [0, 0.1) is 6.92 Å². The summed E-state index contributed by atoms with van der Waals surface area (Å²) in [6.45, 7) is 2.41. The molecule has 0 aliphatic carbocycles. The number of hydrogen-bond acceptors (Lipinski definition) is 4. The molecule has 1 aromatic carbocycles. The van der Waals surface area contributed by atoms with Gasteiger partial charge < -0.3 is 0 Å². The lowest BCUT2D eigenvalue weighted by molar-refractivity contribution is -0.114. The molecule has 0 N–H and O–H groups in total. The predicted molar refractivity (Wildman–Crippen MR) is 97.8 cm³/mol. The molecule has 2 heterocycles. The summed E-state index contributed by atoms with van der Waals surface area (Å²) in [5, 5.41) is 2.91. The Balaban J connectivity index is 1.83. The van der Waals surface area contributed by atoms with E-state index in [9.17, 15) is 4.79 Å². The highest BCUT2D eigenvalue weighted by Crippen LogP contribution is 2.16. The molecule has 0 atom stereocenters. The fourth-order valence-electron chi connectivity index (χ4n) is 2.25. The minimum atomic E-state index is -0.122. The SMILES string of the molecule is Cc1nc(C=CC(=O)N(Cc2ccccc2)c2ccccn2)cs1. The maximum atomic E-state index is 12.7. The number of hydrogen-bond donors (Lipinski definition) is 0. The second kappa shape index (κ2) is 7.66. The van der Waals surface area contributed by atoms with Crippen LogP contribution >= 0.6 is 11.3 Å². The van der Waals surface area contributed by atoms with Gasteiger partial charge in [0.1, 0.15) is 5.82 Å². The third kappa shape index (κ3) is 4.14. The molecule has 0 saturated heterocycles. The van der Waals surface area contributed by atoms with E-state index in [1.54, 1.807) is 34.6 Å². The van der Waals surface area contributed by atoms with Crippen LogP contribution in [0.4, 0.5) is 5.82 Å². The van der Waals surface area contributed by atoms with Gasteiger partial charge in [-0.25, -0.2) is 9.97 Å². The van der Waals surface area contributed by atoms with Crippen molar-refractivity contribution < 1.29 is 4.79 Å². The number of amides is 1. The third-order valence-corrected chi connectivity index (χ3v) is 4.20. The van der Waals surface area contributed by atoms with Crippen molar-refractivity contribution in [2.24, 2.45) is 0 Å². The monoisotopic (exact) mass is 335 g/mol. The van der Waals surface area contributed by atoms with Crippen LogP contribution in [0.25, 0.3) is 6.08 Å². The molecule has 0 fully saturated rings. The van der Waals surface area contributed by atoms with Crippen molar-refractivity contribution in [3.63, 3.8) is 0 Å². The van der Waals surface area contributed by atoms with E-state index in [0.717, 1.165) is 16.3 Å². The number of aryl methyl sites for hydroxylation is 1. The van der Waals surface area contributed by atoms with Crippen molar-refractivity contribution in [1.29, 1.82) is 0 Å². The summed E-state index contributed by atoms with van der Waals surface area (Å²) in [5.41, 5.74) is 1.85. The molecule has 0 bridgehead atoms. The van der Waals surface area contributed by atoms with Crippen molar-refractivity contribution in [2.75, 3.05) is 4.90 Å². The zero-order valence-electron chi connectivity index (χ0n) is 13.3. The van der Waals surface area contributed by atoms with E-state index in [-0.39, 0.29) is 5.91 Å². The molecule has 120 valence electrons. The van der Waals surface area contributed by atoms with Crippen LogP contribution < -0.4 is 4.90 Å². The van der Waals surface area contributed by atoms with Gasteiger partial charge >= 0.3 is 0 Å². The molecule has 0 radical (unpaired) electrons. The van der Waals surface area contributed by atoms with E-state index in [0.29, 0.717) is 12.4 Å². The van der Waals surface area contributed by atoms with Gasteiger partial charge in [-0.3, -0.25) is 9.69 Å². The average molecular weight is 335 g/mol. The number of aromatic nitrogens is 2. The lowest BCUT2D eigenvalue weighted by atomic mass is 10.2. The first-order valence-electron chi connectivity index (χ1n) is 7.59. The number of carbonyl (C=O) groups is 1. The van der Waals surface area contributed by atoms with Gasteiger partial charge in [-0.15, -0.1) is 11.3 Å². The van der Waals surface area contributed by atoms with Gasteiger partial charge in [-0.2, -0.15) is 0 Å². The van der Waals surface area contributed by atoms with Crippen molar-refractivity contribution in [1.82, 2.24) is 9.97 Å². The molecule has 0 spiro atoms. The van der Waals surface area contributed by atoms with Crippen LogP contribution in [0.1, 0.15) is 16.3 Å². The molecule has 0 saturated carbocycles. The summed E-state index contributed by atoms with van der Waals surface area (Å²) in [6.07, 6.45) is 4.98. The van der Waals surface area contributed by atoms with E-state index < -0.39 is 0 Å². The van der Waals surface area contributed by atoms with E-state index in [1.807, 2.05) is 60.8 Å². The number of thiazole rings is 1. The number of benzene rings is 1. The average Bonchev–Trinajstić information content (AvgIpc) is 3.04. The number of pyridine rings is 1. The fourth-order valence-corrected chi connectivity index (χ4v) is 2.84. The smallest absolute Gasteiger partial charge is 0.252 e. The lowest BCUT2D eigenvalue weighted by Crippen LogP contribution is -2.29. The standard InChI is InChI=1S/C19H17N3OS/c1-15-21-17(14-24-15)10-11-19(23)22(18-9-5-6-12-20-18)13-16-7-3-2-4-8-16/h2-12,14H,13H2,1H3. The molecule has 2 aromatic heterocycles. The highest BCUT2D eigenvalue weighted by atomic mass is 32.1. The first kappa shape index (κ1) is 16.1. The summed E-state index contributed by atoms with van der Waals surface area (Å²) in [4.78, 5) is 23.0. The highest BCUT2D eigenvalue weighted by Gasteiger charge is 2.14. The zero-order valence-corrected chi connectivity index (χ0v) is 14.1. The van der Waals surface area contributed by atoms with Crippen molar-refractivity contribution >= 4 is 29.1 Å². The minimum absolute atomic E-state index is 0.122. The summed E-state index contributed by atoms with van der Waals surface area (Å²) in [5.74, 6) is 0.508. The van der Waals surface area contributed by atoms with E-state index >= 15 is 0 Å². The number of anilines is 1. The molecule has 24 heavy (non-hydrogen) atoms. The fraction of sp³-hybridized carbons (Fsp3) is 0.105. The normalized spacial score (nSPS) is 10.9. The van der Waals surface area contributed by atoms with Crippen LogP contribution in [0.15, 0.2) is 66.2 Å². The lowest BCUT2D eigenvalue weighted by Gasteiger charge is -2.20. The first-order chi connectivity index (χ1) is 11.7. The molecule has 1 amide bonds. The molecule has 0 unspecified atom stereocenters. The number of nitrogens with zero attached hydrogens (tertiary/aromatic N) is 3. The van der Waals surface area contributed by atoms with Crippen LogP contribution in [0.3, 0.4) is 0 Å². The topological polar surface area (TPSA) is 46.1 Å². The van der Waals surface area contributed by atoms with Crippen LogP contribution in [0.2, 0.25) is 0 Å². The molecule has 0 aliphatic rings. The van der Waals surface area contributed by atoms with Gasteiger partial charge in [0.25, 0.3) is 5.91 Å². The number of rotatable bonds is 5. The Kier molecular flexibility index (Phi) is 5.13. The van der Waals surface area contributed by atoms with Crippen LogP contribution in [0.5, 0.6) is 0 Å². The van der Waals surface area contributed by atoms with E-state index in [1.165, 1.54) is 0 Å². The largest absolute Gasteiger partial charge is 0.289 e. The Bertz CT molecular complexity index is 828. The second-order valence-corrected chi connectivity index (χ2v) is 6.28. The minimum Gasteiger partial charge on any atom is -0.289 e. The third-order valence-electron chi connectivity index (χ3n) is 3.41. The van der Waals surface area contributed by atoms with Gasteiger partial charge in [-0.05, 0) is 30.7 Å². The van der Waals surface area contributed by atoms with Gasteiger partial charge in [0, 0.05) is 17.7 Å². The summed E-state index contributed by atoms with van der Waals surface area (Å²) in [6, 6.07) is 15.4. The first-order valence-corrected chi connectivity index (χ1v) is 8.47. The van der Waals surface area contributed by atoms with E-state index in [2.05, 4.69) is 9.97 Å². The van der Waals surface area contributed by atoms with Gasteiger partial charge in [0.05, 0.1) is 17.2 Å². The van der Waals surface area contributed by atoms with Gasteiger partial charge in [0.2, 0.25) is 0 Å². The Hall–Kier alpha value is -2.79. The maximum absolute atomic E-state index is 12.7. The van der Waals surface area contributed by atoms with Crippen molar-refractivity contribution in [2.45, 2.75) is 13.5 Å². The summed E-state index contributed by atoms with van der Waals surface area (Å²) < 4.78 is 0. The quantitative estimate of drug-likeness (QED) is 0.660. The molecule has 3 aromatic rings. The predicted octanol–water partition coefficient (Wildman–Crippen LogP) is 4.09. The van der Waals surface area contributed by atoms with Crippen LogP contribution in [-0.2, 0) is 11.3 Å². The highest BCUT2D eigenvalue weighted by molar-refractivity contribution is 7.09. The molecule has 0 aliphatic heterocycles. The van der Waals surface area contributed by atoms with Gasteiger partial charge in [0.15, 0.2) is 0 Å². The summed E-state index contributed by atoms with van der Waals surface area (Å²) >= 11 is 1.56. The Morgan fingerprint density at radius 2 is 1.96 bits per heavy atom. The van der Waals surface area contributed by atoms with E-state index in [4.69, 9.17) is 0 Å². The van der Waals surface area contributed by atoms with Crippen LogP contribution in [-0.4, -0.2) is 15.9 Å². The molecule has 4 nitrogen and oxygen atoms in total. The molecular formula is C19H17N3OS. The zero-order chi connectivity index (χ0) is 16.8. The van der Waals surface area contributed by atoms with Crippen molar-refractivity contribution in [3.05, 3.63) is 82.4 Å². The molecule has 3 rings (SSSR count). The maximum Gasteiger partial charge on any atom is 0.252 e.